The van der Waals surface area contributed by atoms with Crippen LogP contribution in [0, 0.1) is 10.1 Å². The molecule has 1 saturated heterocycles. The third-order valence-corrected chi connectivity index (χ3v) is 13.8. The second-order valence-corrected chi connectivity index (χ2v) is 19.6. The van der Waals surface area contributed by atoms with Crippen molar-refractivity contribution in [2.45, 2.75) is 22.3 Å². The van der Waals surface area contributed by atoms with Crippen LogP contribution >= 0.6 is 23.4 Å². The predicted molar refractivity (Wildman–Crippen MR) is 260 cm³/mol. The van der Waals surface area contributed by atoms with Gasteiger partial charge in [0.1, 0.15) is 17.9 Å². The number of aromatic nitrogens is 2. The number of halogens is 1. The highest BCUT2D eigenvalue weighted by molar-refractivity contribution is 7.99. The molecule has 340 valence electrons. The van der Waals surface area contributed by atoms with E-state index in [1.807, 2.05) is 97.9 Å². The van der Waals surface area contributed by atoms with Gasteiger partial charge in [0.05, 0.1) is 15.5 Å². The van der Waals surface area contributed by atoms with Gasteiger partial charge in [0.25, 0.3) is 21.6 Å². The van der Waals surface area contributed by atoms with E-state index in [-0.39, 0.29) is 28.0 Å². The highest BCUT2D eigenvalue weighted by Crippen LogP contribution is 2.33. The van der Waals surface area contributed by atoms with Gasteiger partial charge in [-0.1, -0.05) is 41.9 Å². The number of nitrogens with one attached hydrogen (secondary N) is 3. The summed E-state index contributed by atoms with van der Waals surface area (Å²) >= 11 is 5.57. The number of nitrogens with zero attached hydrogens (tertiary/aromatic N) is 6. The minimum absolute atomic E-state index is 0.0963. The summed E-state index contributed by atoms with van der Waals surface area (Å²) in [6, 6.07) is 35.6. The van der Waals surface area contributed by atoms with Gasteiger partial charge in [-0.15, -0.1) is 11.8 Å². The van der Waals surface area contributed by atoms with E-state index in [0.29, 0.717) is 53.9 Å². The summed E-state index contributed by atoms with van der Waals surface area (Å²) in [7, 11) is -0.247. The number of carbonyl (C=O) groups excluding carboxylic acids is 1. The fourth-order valence-electron chi connectivity index (χ4n) is 7.32. The van der Waals surface area contributed by atoms with Crippen LogP contribution in [0.25, 0.3) is 16.9 Å². The Morgan fingerprint density at radius 3 is 2.25 bits per heavy atom. The van der Waals surface area contributed by atoms with Crippen molar-refractivity contribution in [2.75, 3.05) is 78.3 Å². The normalized spacial score (nSPS) is 13.9. The van der Waals surface area contributed by atoms with Crippen molar-refractivity contribution in [3.05, 3.63) is 148 Å². The van der Waals surface area contributed by atoms with Crippen LogP contribution in [0.1, 0.15) is 16.9 Å². The lowest BCUT2D eigenvalue weighted by Crippen LogP contribution is -2.46. The molecular formula is C45H48ClN9O7S3. The highest BCUT2D eigenvalue weighted by Gasteiger charge is 2.26. The van der Waals surface area contributed by atoms with Crippen molar-refractivity contribution >= 4 is 78.8 Å². The lowest BCUT2D eigenvalue weighted by Gasteiger charge is -2.37. The first-order chi connectivity index (χ1) is 31.2. The molecule has 0 saturated carbocycles. The molecule has 0 spiro atoms. The van der Waals surface area contributed by atoms with Crippen LogP contribution in [0.5, 0.6) is 0 Å². The van der Waals surface area contributed by atoms with Crippen LogP contribution in [0.15, 0.2) is 137 Å². The lowest BCUT2D eigenvalue weighted by atomic mass is 10.1. The predicted octanol–water partition coefficient (Wildman–Crippen LogP) is 7.66. The summed E-state index contributed by atoms with van der Waals surface area (Å²) in [5, 5.41) is 18.6. The largest absolute Gasteiger partial charge is 0.376 e. The third kappa shape index (κ3) is 12.2. The monoisotopic (exact) mass is 957 g/mol. The topological polar surface area (TPSA) is 195 Å². The fraction of sp³-hybridized carbons (Fsp3) is 0.244. The van der Waals surface area contributed by atoms with E-state index < -0.39 is 37.8 Å². The smallest absolute Gasteiger partial charge is 0.293 e. The quantitative estimate of drug-likeness (QED) is 0.0268. The molecule has 2 atom stereocenters. The van der Waals surface area contributed by atoms with Crippen LogP contribution < -0.4 is 25.2 Å². The molecule has 1 fully saturated rings. The number of nitro groups is 1. The molecular weight excluding hydrogens is 910 g/mol. The van der Waals surface area contributed by atoms with Crippen LogP contribution in [0.2, 0.25) is 5.02 Å². The maximum atomic E-state index is 13.6. The van der Waals surface area contributed by atoms with Gasteiger partial charge in [0.2, 0.25) is 0 Å². The van der Waals surface area contributed by atoms with Crippen LogP contribution in [0.4, 0.5) is 28.4 Å². The van der Waals surface area contributed by atoms with Gasteiger partial charge in [0.15, 0.2) is 16.8 Å². The molecule has 1 aromatic heterocycles. The number of anilines is 4. The van der Waals surface area contributed by atoms with Gasteiger partial charge in [-0.3, -0.25) is 24.2 Å². The number of hydrogen-bond acceptors (Lipinski definition) is 12. The van der Waals surface area contributed by atoms with Gasteiger partial charge in [0, 0.05) is 82.3 Å². The zero-order valence-corrected chi connectivity index (χ0v) is 38.7. The number of rotatable bonds is 19. The number of nitro benzene ring substituents is 1. The molecule has 0 radical (unpaired) electrons. The molecule has 1 aliphatic heterocycles. The number of hydrogen-bond donors (Lipinski definition) is 4. The van der Waals surface area contributed by atoms with Gasteiger partial charge < -0.3 is 29.9 Å². The molecule has 5 aromatic carbocycles. The summed E-state index contributed by atoms with van der Waals surface area (Å²) in [6.45, 7) is 3.41. The molecule has 1 amide bonds. The number of amides is 1. The Bertz CT molecular complexity index is 2740. The fourth-order valence-corrected chi connectivity index (χ4v) is 9.77. The highest BCUT2D eigenvalue weighted by atomic mass is 35.5. The first-order valence-electron chi connectivity index (χ1n) is 20.5. The summed E-state index contributed by atoms with van der Waals surface area (Å²) in [4.78, 5) is 36.6. The van der Waals surface area contributed by atoms with Crippen molar-refractivity contribution in [3.63, 3.8) is 0 Å². The number of piperazine rings is 1. The molecule has 0 bridgehead atoms. The molecule has 16 nitrogen and oxygen atoms in total. The second-order valence-electron chi connectivity index (χ2n) is 15.4. The Morgan fingerprint density at radius 2 is 1.58 bits per heavy atom. The first kappa shape index (κ1) is 47.0. The summed E-state index contributed by atoms with van der Waals surface area (Å²) in [5.41, 5.74) is 4.09. The molecule has 4 N–H and O–H groups in total. The zero-order chi connectivity index (χ0) is 46.1. The Kier molecular flexibility index (Phi) is 15.4. The Hall–Kier alpha value is -5.96. The number of imidazole rings is 1. The average molecular weight is 959 g/mol. The molecule has 0 aliphatic carbocycles. The van der Waals surface area contributed by atoms with Gasteiger partial charge in [-0.05, 0) is 112 Å². The van der Waals surface area contributed by atoms with Crippen molar-refractivity contribution in [1.82, 2.24) is 19.8 Å². The average Bonchev–Trinajstić information content (AvgIpc) is 3.75. The number of thioether (sulfide) groups is 1. The number of benzene rings is 5. The van der Waals surface area contributed by atoms with Crippen LogP contribution in [-0.2, 0) is 21.1 Å². The Labute approximate surface area is 389 Å². The van der Waals surface area contributed by atoms with Gasteiger partial charge in [-0.2, -0.15) is 0 Å². The Morgan fingerprint density at radius 1 is 0.908 bits per heavy atom. The molecule has 20 heteroatoms. The number of carbonyl (C=O) groups is 1. The molecule has 7 rings (SSSR count). The van der Waals surface area contributed by atoms with Crippen molar-refractivity contribution < 1.29 is 26.9 Å². The molecule has 1 aliphatic rings. The zero-order valence-electron chi connectivity index (χ0n) is 35.5. The summed E-state index contributed by atoms with van der Waals surface area (Å²) in [5.74, 6) is -0.379. The summed E-state index contributed by atoms with van der Waals surface area (Å²) in [6.07, 6.45) is 2.25. The van der Waals surface area contributed by atoms with Crippen molar-refractivity contribution in [2.24, 2.45) is 0 Å². The maximum absolute atomic E-state index is 13.6. The third-order valence-electron chi connectivity index (χ3n) is 10.6. The van der Waals surface area contributed by atoms with Gasteiger partial charge >= 0.3 is 0 Å². The standard InChI is InChI=1S/C45H48ClN9O7S3/c1-51(2)22-21-35(29-63-39-9-4-3-5-10-39)49-41-20-19-40(28-42(41)55(57)58)65(61,62)50-34-13-17-36(18-14-34)52-23-25-53(26-24-52)38-8-6-7-32(27-38)44-43(45(56)48-31-64(59)60)47-30-54(44)37-15-11-33(46)12-16-37/h3-20,27-28,30,35,49-50H,21-26,29,31H2,1-2H3,(H,48,56)(H,59,60)/t35-/m1/s1. The van der Waals surface area contributed by atoms with E-state index in [2.05, 4.69) is 30.1 Å². The number of sulfonamides is 1. The van der Waals surface area contributed by atoms with E-state index >= 15 is 0 Å². The van der Waals surface area contributed by atoms with Crippen molar-refractivity contribution in [1.29, 1.82) is 0 Å². The molecule has 65 heavy (non-hydrogen) atoms. The first-order valence-corrected chi connectivity index (χ1v) is 24.7. The van der Waals surface area contributed by atoms with Gasteiger partial charge in [-0.25, -0.2) is 17.6 Å². The van der Waals surface area contributed by atoms with Crippen LogP contribution in [0.3, 0.4) is 0 Å². The molecule has 6 aromatic rings. The van der Waals surface area contributed by atoms with E-state index in [4.69, 9.17) is 11.6 Å². The second kappa shape index (κ2) is 21.4. The van der Waals surface area contributed by atoms with E-state index in [9.17, 15) is 32.1 Å². The SMILES string of the molecule is CN(C)CC[C@H](CSc1ccccc1)Nc1ccc(S(=O)(=O)Nc2ccc(N3CCN(c4cccc(-c5c(C(=O)NCS(=O)O)ncn5-c5ccc(Cl)cc5)c4)CC3)cc2)cc1[N+](=O)[O-]. The maximum Gasteiger partial charge on any atom is 0.293 e. The lowest BCUT2D eigenvalue weighted by molar-refractivity contribution is -0.384. The molecule has 2 heterocycles. The summed E-state index contributed by atoms with van der Waals surface area (Å²) < 4.78 is 52.1. The van der Waals surface area contributed by atoms with Crippen molar-refractivity contribution in [3.8, 4) is 16.9 Å². The van der Waals surface area contributed by atoms with Crippen LogP contribution in [-0.4, -0.2) is 107 Å². The molecule has 1 unspecified atom stereocenters. The minimum Gasteiger partial charge on any atom is -0.376 e. The Balaban J connectivity index is 1.00. The van der Waals surface area contributed by atoms with E-state index in [1.165, 1.54) is 18.5 Å². The van der Waals surface area contributed by atoms with E-state index in [0.717, 1.165) is 41.0 Å². The minimum atomic E-state index is -4.18. The van der Waals surface area contributed by atoms with E-state index in [1.54, 1.807) is 40.6 Å².